The molecule has 3 rings (SSSR count). The molecular weight excluding hydrogens is 298 g/mol. The number of hydrogen-bond acceptors (Lipinski definition) is 5. The van der Waals surface area contributed by atoms with Crippen molar-refractivity contribution in [2.24, 2.45) is 7.05 Å². The number of hydrogen-bond donors (Lipinski definition) is 1. The van der Waals surface area contributed by atoms with Crippen LogP contribution in [0.1, 0.15) is 16.8 Å². The van der Waals surface area contributed by atoms with E-state index in [4.69, 9.17) is 4.74 Å². The summed E-state index contributed by atoms with van der Waals surface area (Å²) in [6.45, 7) is 4.43. The van der Waals surface area contributed by atoms with Gasteiger partial charge in [0.25, 0.3) is 5.91 Å². The van der Waals surface area contributed by atoms with E-state index in [9.17, 15) is 14.7 Å². The number of nitrogens with zero attached hydrogens (tertiary/aromatic N) is 3. The largest absolute Gasteiger partial charge is 0.387 e. The molecule has 0 saturated carbocycles. The molecule has 1 aromatic rings. The van der Waals surface area contributed by atoms with Gasteiger partial charge in [-0.2, -0.15) is 0 Å². The van der Waals surface area contributed by atoms with Crippen LogP contribution < -0.4 is 5.56 Å². The van der Waals surface area contributed by atoms with E-state index in [2.05, 4.69) is 4.90 Å². The van der Waals surface area contributed by atoms with E-state index < -0.39 is 5.60 Å². The van der Waals surface area contributed by atoms with Crippen molar-refractivity contribution < 1.29 is 14.6 Å². The second kappa shape index (κ2) is 6.43. The highest BCUT2D eigenvalue weighted by Crippen LogP contribution is 2.24. The second-order valence-electron chi connectivity index (χ2n) is 6.46. The average Bonchev–Trinajstić information content (AvgIpc) is 2.92. The number of amides is 1. The predicted molar refractivity (Wildman–Crippen MR) is 84.4 cm³/mol. The molecule has 2 aliphatic rings. The Kier molecular flexibility index (Phi) is 4.52. The molecule has 2 aliphatic heterocycles. The number of carbonyl (C=O) groups is 1. The first-order chi connectivity index (χ1) is 11.0. The van der Waals surface area contributed by atoms with Crippen molar-refractivity contribution in [1.29, 1.82) is 0 Å². The van der Waals surface area contributed by atoms with Crippen LogP contribution in [0.15, 0.2) is 23.1 Å². The number of aliphatic hydroxyl groups is 1. The van der Waals surface area contributed by atoms with E-state index in [1.165, 1.54) is 10.6 Å². The quantitative estimate of drug-likeness (QED) is 0.796. The van der Waals surface area contributed by atoms with E-state index in [0.717, 1.165) is 13.1 Å². The molecule has 126 valence electrons. The molecule has 7 heteroatoms. The maximum absolute atomic E-state index is 12.6. The number of β-amino-alcohol motifs (C(OH)–C–C–N with tert-alkyl or cyclic N) is 1. The molecule has 1 unspecified atom stereocenters. The monoisotopic (exact) mass is 321 g/mol. The third-order valence-electron chi connectivity index (χ3n) is 4.57. The number of likely N-dealkylation sites (tertiary alicyclic amines) is 1. The Hall–Kier alpha value is -1.70. The minimum Gasteiger partial charge on any atom is -0.387 e. The lowest BCUT2D eigenvalue weighted by Gasteiger charge is -2.33. The third kappa shape index (κ3) is 3.63. The van der Waals surface area contributed by atoms with Crippen molar-refractivity contribution in [1.82, 2.24) is 14.4 Å². The summed E-state index contributed by atoms with van der Waals surface area (Å²) in [6.07, 6.45) is 2.12. The maximum Gasteiger partial charge on any atom is 0.255 e. The molecule has 3 heterocycles. The number of carbonyl (C=O) groups excluding carboxylic acids is 1. The summed E-state index contributed by atoms with van der Waals surface area (Å²) in [7, 11) is 1.62. The Morgan fingerprint density at radius 1 is 1.30 bits per heavy atom. The van der Waals surface area contributed by atoms with Gasteiger partial charge in [0.1, 0.15) is 0 Å². The topological polar surface area (TPSA) is 75.0 Å². The predicted octanol–water partition coefficient (Wildman–Crippen LogP) is -0.705. The summed E-state index contributed by atoms with van der Waals surface area (Å²) in [6, 6.07) is 2.94. The van der Waals surface area contributed by atoms with Gasteiger partial charge in [0, 0.05) is 45.5 Å². The Morgan fingerprint density at radius 2 is 2.04 bits per heavy atom. The first kappa shape index (κ1) is 16.2. The smallest absolute Gasteiger partial charge is 0.255 e. The Morgan fingerprint density at radius 3 is 2.74 bits per heavy atom. The molecular formula is C16H23N3O4. The van der Waals surface area contributed by atoms with Crippen molar-refractivity contribution in [3.05, 3.63) is 34.2 Å². The van der Waals surface area contributed by atoms with Gasteiger partial charge in [0.15, 0.2) is 0 Å². The first-order valence-electron chi connectivity index (χ1n) is 7.95. The van der Waals surface area contributed by atoms with Gasteiger partial charge in [-0.05, 0) is 12.5 Å². The van der Waals surface area contributed by atoms with Crippen LogP contribution >= 0.6 is 0 Å². The number of rotatable bonds is 3. The van der Waals surface area contributed by atoms with Gasteiger partial charge < -0.3 is 19.3 Å². The Bertz CT molecular complexity index is 638. The molecule has 0 aliphatic carbocycles. The highest BCUT2D eigenvalue weighted by Gasteiger charge is 2.39. The molecule has 23 heavy (non-hydrogen) atoms. The van der Waals surface area contributed by atoms with Gasteiger partial charge in [-0.25, -0.2) is 0 Å². The molecule has 7 nitrogen and oxygen atoms in total. The second-order valence-corrected chi connectivity index (χ2v) is 6.46. The lowest BCUT2D eigenvalue weighted by molar-refractivity contribution is -0.0257. The summed E-state index contributed by atoms with van der Waals surface area (Å²) in [5.74, 6) is -0.140. The summed E-state index contributed by atoms with van der Waals surface area (Å²) in [4.78, 5) is 27.8. The molecule has 0 radical (unpaired) electrons. The van der Waals surface area contributed by atoms with E-state index in [1.807, 2.05) is 0 Å². The van der Waals surface area contributed by atoms with Crippen LogP contribution in [0.25, 0.3) is 0 Å². The van der Waals surface area contributed by atoms with Gasteiger partial charge in [-0.3, -0.25) is 14.5 Å². The van der Waals surface area contributed by atoms with Gasteiger partial charge in [-0.1, -0.05) is 0 Å². The lowest BCUT2D eigenvalue weighted by atomic mass is 10.0. The Labute approximate surface area is 135 Å². The molecule has 1 amide bonds. The van der Waals surface area contributed by atoms with Crippen LogP contribution in [-0.4, -0.2) is 76.9 Å². The van der Waals surface area contributed by atoms with Crippen molar-refractivity contribution >= 4 is 5.91 Å². The molecule has 1 atom stereocenters. The average molecular weight is 321 g/mol. The zero-order valence-electron chi connectivity index (χ0n) is 13.4. The fourth-order valence-corrected chi connectivity index (χ4v) is 3.24. The molecule has 0 bridgehead atoms. The van der Waals surface area contributed by atoms with Crippen LogP contribution in [-0.2, 0) is 11.8 Å². The third-order valence-corrected chi connectivity index (χ3v) is 4.57. The first-order valence-corrected chi connectivity index (χ1v) is 7.95. The van der Waals surface area contributed by atoms with Gasteiger partial charge >= 0.3 is 0 Å². The fraction of sp³-hybridized carbons (Fsp3) is 0.625. The van der Waals surface area contributed by atoms with Crippen molar-refractivity contribution in [3.63, 3.8) is 0 Å². The SMILES string of the molecule is Cn1cc(C(=O)N2CCC(O)(CN3CCOCC3)C2)ccc1=O. The number of aromatic nitrogens is 1. The number of ether oxygens (including phenoxy) is 1. The minimum absolute atomic E-state index is 0.140. The molecule has 2 saturated heterocycles. The van der Waals surface area contributed by atoms with Crippen LogP contribution in [0.2, 0.25) is 0 Å². The van der Waals surface area contributed by atoms with E-state index >= 15 is 0 Å². The lowest BCUT2D eigenvalue weighted by Crippen LogP contribution is -2.49. The zero-order valence-corrected chi connectivity index (χ0v) is 13.4. The van der Waals surface area contributed by atoms with Crippen LogP contribution in [0.5, 0.6) is 0 Å². The van der Waals surface area contributed by atoms with E-state index in [1.54, 1.807) is 24.2 Å². The Balaban J connectivity index is 1.64. The standard InChI is InChI=1S/C16H23N3O4/c1-17-10-13(2-3-14(17)20)15(21)19-5-4-16(22,12-19)11-18-6-8-23-9-7-18/h2-3,10,22H,4-9,11-12H2,1H3. The van der Waals surface area contributed by atoms with Crippen molar-refractivity contribution in [2.75, 3.05) is 45.9 Å². The molecule has 0 aromatic carbocycles. The van der Waals surface area contributed by atoms with Gasteiger partial charge in [-0.15, -0.1) is 0 Å². The summed E-state index contributed by atoms with van der Waals surface area (Å²) >= 11 is 0. The van der Waals surface area contributed by atoms with Crippen LogP contribution in [0, 0.1) is 0 Å². The molecule has 1 N–H and O–H groups in total. The fourth-order valence-electron chi connectivity index (χ4n) is 3.24. The minimum atomic E-state index is -0.867. The summed E-state index contributed by atoms with van der Waals surface area (Å²) in [5.41, 5.74) is -0.539. The normalized spacial score (nSPS) is 25.7. The highest BCUT2D eigenvalue weighted by molar-refractivity contribution is 5.94. The number of pyridine rings is 1. The summed E-state index contributed by atoms with van der Waals surface area (Å²) < 4.78 is 6.71. The molecule has 2 fully saturated rings. The molecule has 0 spiro atoms. The van der Waals surface area contributed by atoms with Gasteiger partial charge in [0.05, 0.1) is 30.9 Å². The van der Waals surface area contributed by atoms with Crippen LogP contribution in [0.3, 0.4) is 0 Å². The summed E-state index contributed by atoms with van der Waals surface area (Å²) in [5, 5.41) is 10.8. The van der Waals surface area contributed by atoms with Gasteiger partial charge in [0.2, 0.25) is 5.56 Å². The number of aryl methyl sites for hydroxylation is 1. The van der Waals surface area contributed by atoms with E-state index in [0.29, 0.717) is 44.8 Å². The van der Waals surface area contributed by atoms with Crippen LogP contribution in [0.4, 0.5) is 0 Å². The van der Waals surface area contributed by atoms with Crippen molar-refractivity contribution in [3.8, 4) is 0 Å². The van der Waals surface area contributed by atoms with E-state index in [-0.39, 0.29) is 11.5 Å². The number of morpholine rings is 1. The zero-order chi connectivity index (χ0) is 16.4. The van der Waals surface area contributed by atoms with Crippen molar-refractivity contribution in [2.45, 2.75) is 12.0 Å². The maximum atomic E-state index is 12.6. The highest BCUT2D eigenvalue weighted by atomic mass is 16.5. The molecule has 1 aromatic heterocycles.